The zero-order valence-electron chi connectivity index (χ0n) is 8.62. The number of pyridine rings is 1. The molecule has 1 unspecified atom stereocenters. The summed E-state index contributed by atoms with van der Waals surface area (Å²) >= 11 is 0. The Hall–Kier alpha value is -1.69. The molecule has 1 N–H and O–H groups in total. The summed E-state index contributed by atoms with van der Waals surface area (Å²) in [5, 5.41) is 19.3. The SMILES string of the molecule is CC(CO)N(C)c1ccc([N+](=O)[O-])nc1. The Labute approximate surface area is 87.3 Å². The Bertz CT molecular complexity index is 339. The van der Waals surface area contributed by atoms with Gasteiger partial charge in [0, 0.05) is 19.2 Å². The molecule has 1 atom stereocenters. The van der Waals surface area contributed by atoms with Crippen molar-refractivity contribution in [1.82, 2.24) is 4.98 Å². The van der Waals surface area contributed by atoms with Crippen LogP contribution in [0, 0.1) is 10.1 Å². The third kappa shape index (κ3) is 2.63. The van der Waals surface area contributed by atoms with Gasteiger partial charge in [-0.2, -0.15) is 0 Å². The van der Waals surface area contributed by atoms with E-state index in [1.54, 1.807) is 18.0 Å². The Balaban J connectivity index is 2.84. The van der Waals surface area contributed by atoms with Crippen LogP contribution in [0.3, 0.4) is 0 Å². The van der Waals surface area contributed by atoms with Gasteiger partial charge >= 0.3 is 5.82 Å². The number of rotatable bonds is 4. The van der Waals surface area contributed by atoms with Gasteiger partial charge in [-0.25, -0.2) is 0 Å². The molecule has 6 nitrogen and oxygen atoms in total. The number of hydrogen-bond acceptors (Lipinski definition) is 5. The van der Waals surface area contributed by atoms with Crippen molar-refractivity contribution in [3.8, 4) is 0 Å². The molecular weight excluding hydrogens is 198 g/mol. The number of aliphatic hydroxyl groups excluding tert-OH is 1. The lowest BCUT2D eigenvalue weighted by atomic mass is 10.3. The second kappa shape index (κ2) is 4.70. The van der Waals surface area contributed by atoms with E-state index in [1.165, 1.54) is 12.3 Å². The molecule has 1 heterocycles. The van der Waals surface area contributed by atoms with Gasteiger partial charge in [0.15, 0.2) is 6.20 Å². The van der Waals surface area contributed by atoms with Crippen molar-refractivity contribution in [1.29, 1.82) is 0 Å². The van der Waals surface area contributed by atoms with Crippen LogP contribution in [0.4, 0.5) is 11.5 Å². The third-order valence-corrected chi connectivity index (χ3v) is 2.25. The van der Waals surface area contributed by atoms with Gasteiger partial charge in [-0.3, -0.25) is 0 Å². The van der Waals surface area contributed by atoms with Crippen LogP contribution in [0.25, 0.3) is 0 Å². The fourth-order valence-electron chi connectivity index (χ4n) is 1.07. The zero-order chi connectivity index (χ0) is 11.4. The van der Waals surface area contributed by atoms with Crippen LogP contribution in [-0.2, 0) is 0 Å². The maximum Gasteiger partial charge on any atom is 0.363 e. The van der Waals surface area contributed by atoms with Gasteiger partial charge in [0.25, 0.3) is 0 Å². The molecule has 0 aliphatic heterocycles. The van der Waals surface area contributed by atoms with E-state index in [1.807, 2.05) is 6.92 Å². The van der Waals surface area contributed by atoms with E-state index in [9.17, 15) is 10.1 Å². The fourth-order valence-corrected chi connectivity index (χ4v) is 1.07. The van der Waals surface area contributed by atoms with Crippen molar-refractivity contribution in [3.05, 3.63) is 28.4 Å². The van der Waals surface area contributed by atoms with Crippen LogP contribution in [0.2, 0.25) is 0 Å². The molecule has 1 rings (SSSR count). The first kappa shape index (κ1) is 11.4. The number of nitro groups is 1. The summed E-state index contributed by atoms with van der Waals surface area (Å²) in [5.74, 6) is -0.177. The van der Waals surface area contributed by atoms with Crippen LogP contribution in [0.15, 0.2) is 18.3 Å². The number of likely N-dealkylation sites (N-methyl/N-ethyl adjacent to an activating group) is 1. The van der Waals surface area contributed by atoms with Crippen LogP contribution >= 0.6 is 0 Å². The number of hydrogen-bond donors (Lipinski definition) is 1. The summed E-state index contributed by atoms with van der Waals surface area (Å²) in [6.45, 7) is 1.87. The third-order valence-electron chi connectivity index (χ3n) is 2.25. The average Bonchev–Trinajstić information content (AvgIpc) is 2.27. The highest BCUT2D eigenvalue weighted by molar-refractivity contribution is 5.46. The summed E-state index contributed by atoms with van der Waals surface area (Å²) in [6.07, 6.45) is 1.42. The number of nitrogens with zero attached hydrogens (tertiary/aromatic N) is 3. The highest BCUT2D eigenvalue weighted by Crippen LogP contribution is 2.16. The summed E-state index contributed by atoms with van der Waals surface area (Å²) in [6, 6.07) is 2.90. The highest BCUT2D eigenvalue weighted by Gasteiger charge is 2.12. The van der Waals surface area contributed by atoms with Gasteiger partial charge < -0.3 is 20.1 Å². The van der Waals surface area contributed by atoms with Gasteiger partial charge in [-0.1, -0.05) is 0 Å². The second-order valence-corrected chi connectivity index (χ2v) is 3.27. The molecule has 15 heavy (non-hydrogen) atoms. The summed E-state index contributed by atoms with van der Waals surface area (Å²) < 4.78 is 0. The van der Waals surface area contributed by atoms with E-state index in [0.29, 0.717) is 0 Å². The van der Waals surface area contributed by atoms with Crippen molar-refractivity contribution in [3.63, 3.8) is 0 Å². The Kier molecular flexibility index (Phi) is 3.56. The van der Waals surface area contributed by atoms with Crippen molar-refractivity contribution in [2.75, 3.05) is 18.6 Å². The molecule has 0 aliphatic rings. The lowest BCUT2D eigenvalue weighted by Gasteiger charge is -2.23. The average molecular weight is 211 g/mol. The van der Waals surface area contributed by atoms with Crippen LogP contribution in [0.1, 0.15) is 6.92 Å². The molecule has 82 valence electrons. The summed E-state index contributed by atoms with van der Waals surface area (Å²) in [7, 11) is 1.80. The molecule has 1 aromatic heterocycles. The molecule has 6 heteroatoms. The monoisotopic (exact) mass is 211 g/mol. The highest BCUT2D eigenvalue weighted by atomic mass is 16.6. The largest absolute Gasteiger partial charge is 0.394 e. The molecule has 0 aromatic carbocycles. The Morgan fingerprint density at radius 1 is 1.67 bits per heavy atom. The van der Waals surface area contributed by atoms with Crippen LogP contribution < -0.4 is 4.90 Å². The first-order valence-corrected chi connectivity index (χ1v) is 4.50. The van der Waals surface area contributed by atoms with Crippen molar-refractivity contribution < 1.29 is 10.0 Å². The van der Waals surface area contributed by atoms with Crippen molar-refractivity contribution in [2.24, 2.45) is 0 Å². The fraction of sp³-hybridized carbons (Fsp3) is 0.444. The maximum absolute atomic E-state index is 10.4. The molecule has 1 aromatic rings. The lowest BCUT2D eigenvalue weighted by molar-refractivity contribution is -0.389. The predicted molar refractivity (Wildman–Crippen MR) is 55.8 cm³/mol. The number of anilines is 1. The molecule has 0 spiro atoms. The lowest BCUT2D eigenvalue weighted by Crippen LogP contribution is -2.31. The van der Waals surface area contributed by atoms with Crippen molar-refractivity contribution in [2.45, 2.75) is 13.0 Å². The van der Waals surface area contributed by atoms with Crippen molar-refractivity contribution >= 4 is 11.5 Å². The normalized spacial score (nSPS) is 12.2. The smallest absolute Gasteiger partial charge is 0.363 e. The van der Waals surface area contributed by atoms with E-state index >= 15 is 0 Å². The topological polar surface area (TPSA) is 79.5 Å². The molecule has 0 amide bonds. The Morgan fingerprint density at radius 3 is 2.73 bits per heavy atom. The summed E-state index contributed by atoms with van der Waals surface area (Å²) in [4.78, 5) is 15.3. The van der Waals surface area contributed by atoms with Gasteiger partial charge in [0.2, 0.25) is 0 Å². The molecule has 0 aliphatic carbocycles. The first-order valence-electron chi connectivity index (χ1n) is 4.50. The van der Waals surface area contributed by atoms with Gasteiger partial charge in [0.1, 0.15) is 0 Å². The molecular formula is C9H13N3O3. The maximum atomic E-state index is 10.4. The Morgan fingerprint density at radius 2 is 2.33 bits per heavy atom. The molecule has 0 saturated carbocycles. The minimum absolute atomic E-state index is 0.0213. The molecule has 0 saturated heterocycles. The van der Waals surface area contributed by atoms with Crippen LogP contribution in [0.5, 0.6) is 0 Å². The molecule has 0 bridgehead atoms. The quantitative estimate of drug-likeness (QED) is 0.588. The first-order chi connectivity index (χ1) is 7.06. The van der Waals surface area contributed by atoms with Gasteiger partial charge in [-0.05, 0) is 22.9 Å². The standard InChI is InChI=1S/C9H13N3O3/c1-7(6-13)11(2)8-3-4-9(10-5-8)12(14)15/h3-5,7,13H,6H2,1-2H3. The summed E-state index contributed by atoms with van der Waals surface area (Å²) in [5.41, 5.74) is 0.738. The number of aromatic nitrogens is 1. The van der Waals surface area contributed by atoms with Gasteiger partial charge in [0.05, 0.1) is 12.3 Å². The minimum atomic E-state index is -0.542. The molecule has 0 fully saturated rings. The number of aliphatic hydroxyl groups is 1. The van der Waals surface area contributed by atoms with E-state index < -0.39 is 4.92 Å². The molecule has 0 radical (unpaired) electrons. The second-order valence-electron chi connectivity index (χ2n) is 3.27. The van der Waals surface area contributed by atoms with Crippen LogP contribution in [-0.4, -0.2) is 34.7 Å². The minimum Gasteiger partial charge on any atom is -0.394 e. The van der Waals surface area contributed by atoms with E-state index in [-0.39, 0.29) is 18.5 Å². The van der Waals surface area contributed by atoms with E-state index in [2.05, 4.69) is 4.98 Å². The zero-order valence-corrected chi connectivity index (χ0v) is 8.62. The van der Waals surface area contributed by atoms with E-state index in [4.69, 9.17) is 5.11 Å². The van der Waals surface area contributed by atoms with E-state index in [0.717, 1.165) is 5.69 Å². The van der Waals surface area contributed by atoms with Gasteiger partial charge in [-0.15, -0.1) is 0 Å². The predicted octanol–water partition coefficient (Wildman–Crippen LogP) is 0.807.